The number of aromatic amines is 1. The molecule has 1 heterocycles. The van der Waals surface area contributed by atoms with Gasteiger partial charge in [0.15, 0.2) is 5.78 Å². The lowest BCUT2D eigenvalue weighted by atomic mass is 10.0. The topological polar surface area (TPSA) is 86.3 Å². The maximum Gasteiger partial charge on any atom is 0.411 e. The van der Waals surface area contributed by atoms with Crippen LogP contribution >= 0.6 is 0 Å². The Bertz CT molecular complexity index is 855. The Morgan fingerprint density at radius 3 is 2.59 bits per heavy atom. The number of nitrogens with zero attached hydrogens (tertiary/aromatic N) is 2. The minimum atomic E-state index is -1.14. The number of carboxylic acid groups (broad SMARTS) is 1. The van der Waals surface area contributed by atoms with Crippen LogP contribution < -0.4 is 4.90 Å². The van der Waals surface area contributed by atoms with Crippen LogP contribution in [0.15, 0.2) is 48.8 Å². The minimum absolute atomic E-state index is 0.236. The molecule has 22 heavy (non-hydrogen) atoms. The average Bonchev–Trinajstić information content (AvgIpc) is 3.00. The van der Waals surface area contributed by atoms with Gasteiger partial charge in [0, 0.05) is 18.2 Å². The number of aromatic nitrogens is 2. The number of rotatable bonds is 3. The molecular formula is C16H13N3O3. The number of carbonyl (C=O) groups excluding carboxylic acids is 1. The largest absolute Gasteiger partial charge is 0.465 e. The fraction of sp³-hybridized carbons (Fsp3) is 0.0625. The summed E-state index contributed by atoms with van der Waals surface area (Å²) in [6.45, 7) is 0. The Balaban J connectivity index is 2.20. The van der Waals surface area contributed by atoms with Crippen LogP contribution in [0.5, 0.6) is 0 Å². The number of imidazole rings is 1. The smallest absolute Gasteiger partial charge is 0.411 e. The van der Waals surface area contributed by atoms with E-state index < -0.39 is 6.09 Å². The van der Waals surface area contributed by atoms with Gasteiger partial charge in [0.25, 0.3) is 0 Å². The second-order valence-corrected chi connectivity index (χ2v) is 4.83. The van der Waals surface area contributed by atoms with Crippen molar-refractivity contribution >= 4 is 28.6 Å². The molecule has 0 aliphatic heterocycles. The summed E-state index contributed by atoms with van der Waals surface area (Å²) in [5.74, 6) is -0.236. The first-order chi connectivity index (χ1) is 10.6. The van der Waals surface area contributed by atoms with Crippen molar-refractivity contribution in [1.29, 1.82) is 0 Å². The molecule has 1 aromatic heterocycles. The van der Waals surface area contributed by atoms with E-state index in [2.05, 4.69) is 9.97 Å². The lowest BCUT2D eigenvalue weighted by Crippen LogP contribution is -2.26. The second-order valence-electron chi connectivity index (χ2n) is 4.83. The number of fused-ring (bicyclic) bond motifs is 1. The van der Waals surface area contributed by atoms with Gasteiger partial charge in [0.05, 0.1) is 23.0 Å². The molecule has 0 aliphatic rings. The first-order valence-electron chi connectivity index (χ1n) is 6.61. The normalized spacial score (nSPS) is 10.6. The van der Waals surface area contributed by atoms with Crippen molar-refractivity contribution in [3.63, 3.8) is 0 Å². The molecule has 3 rings (SSSR count). The molecule has 6 nitrogen and oxygen atoms in total. The van der Waals surface area contributed by atoms with Crippen LogP contribution in [0.4, 0.5) is 10.5 Å². The highest BCUT2D eigenvalue weighted by atomic mass is 16.4. The average molecular weight is 295 g/mol. The van der Waals surface area contributed by atoms with Crippen molar-refractivity contribution in [1.82, 2.24) is 9.97 Å². The number of benzene rings is 2. The minimum Gasteiger partial charge on any atom is -0.465 e. The first-order valence-corrected chi connectivity index (χ1v) is 6.61. The molecule has 0 saturated heterocycles. The predicted molar refractivity (Wildman–Crippen MR) is 82.4 cm³/mol. The van der Waals surface area contributed by atoms with E-state index >= 15 is 0 Å². The molecule has 2 aromatic carbocycles. The molecule has 0 bridgehead atoms. The Hall–Kier alpha value is -3.15. The quantitative estimate of drug-likeness (QED) is 0.727. The molecule has 0 fully saturated rings. The van der Waals surface area contributed by atoms with Crippen molar-refractivity contribution < 1.29 is 14.7 Å². The van der Waals surface area contributed by atoms with E-state index in [-0.39, 0.29) is 5.78 Å². The standard InChI is InChI=1S/C16H13N3O3/c1-19(16(21)22)14-8-13-12(17-9-18-13)7-11(14)15(20)10-5-3-2-4-6-10/h2-9H,1H3,(H,17,18)(H,21,22). The predicted octanol–water partition coefficient (Wildman–Crippen LogP) is 2.91. The van der Waals surface area contributed by atoms with Crippen molar-refractivity contribution in [2.24, 2.45) is 0 Å². The zero-order chi connectivity index (χ0) is 15.7. The molecule has 3 aromatic rings. The third kappa shape index (κ3) is 2.31. The monoisotopic (exact) mass is 295 g/mol. The highest BCUT2D eigenvalue weighted by molar-refractivity contribution is 6.15. The van der Waals surface area contributed by atoms with Gasteiger partial charge in [-0.15, -0.1) is 0 Å². The summed E-state index contributed by atoms with van der Waals surface area (Å²) in [7, 11) is 1.40. The van der Waals surface area contributed by atoms with Crippen molar-refractivity contribution in [2.75, 3.05) is 11.9 Å². The summed E-state index contributed by atoms with van der Waals surface area (Å²) >= 11 is 0. The fourth-order valence-corrected chi connectivity index (χ4v) is 2.28. The maximum atomic E-state index is 12.7. The van der Waals surface area contributed by atoms with Crippen molar-refractivity contribution in [2.45, 2.75) is 0 Å². The van der Waals surface area contributed by atoms with E-state index in [0.29, 0.717) is 27.8 Å². The Morgan fingerprint density at radius 1 is 1.18 bits per heavy atom. The molecule has 110 valence electrons. The number of ketones is 1. The molecule has 0 atom stereocenters. The highest BCUT2D eigenvalue weighted by Crippen LogP contribution is 2.27. The van der Waals surface area contributed by atoms with Gasteiger partial charge >= 0.3 is 6.09 Å². The molecule has 2 N–H and O–H groups in total. The molecule has 0 unspecified atom stereocenters. The van der Waals surface area contributed by atoms with Crippen LogP contribution in [-0.4, -0.2) is 34.0 Å². The van der Waals surface area contributed by atoms with E-state index in [4.69, 9.17) is 0 Å². The first kappa shape index (κ1) is 13.8. The van der Waals surface area contributed by atoms with Crippen LogP contribution in [0.2, 0.25) is 0 Å². The molecular weight excluding hydrogens is 282 g/mol. The van der Waals surface area contributed by atoms with Crippen LogP contribution in [0.25, 0.3) is 11.0 Å². The summed E-state index contributed by atoms with van der Waals surface area (Å²) in [4.78, 5) is 32.0. The highest BCUT2D eigenvalue weighted by Gasteiger charge is 2.21. The van der Waals surface area contributed by atoms with E-state index in [1.807, 2.05) is 6.07 Å². The molecule has 0 radical (unpaired) electrons. The summed E-state index contributed by atoms with van der Waals surface area (Å²) < 4.78 is 0. The number of H-pyrrole nitrogens is 1. The van der Waals surface area contributed by atoms with E-state index in [9.17, 15) is 14.7 Å². The Kier molecular flexibility index (Phi) is 3.34. The maximum absolute atomic E-state index is 12.7. The molecule has 0 saturated carbocycles. The number of hydrogen-bond acceptors (Lipinski definition) is 3. The fourth-order valence-electron chi connectivity index (χ4n) is 2.28. The van der Waals surface area contributed by atoms with Gasteiger partial charge in [-0.3, -0.25) is 9.69 Å². The van der Waals surface area contributed by atoms with Crippen molar-refractivity contribution in [3.8, 4) is 0 Å². The molecule has 1 amide bonds. The molecule has 0 spiro atoms. The summed E-state index contributed by atoms with van der Waals surface area (Å²) in [5, 5.41) is 9.22. The Morgan fingerprint density at radius 2 is 1.91 bits per heavy atom. The van der Waals surface area contributed by atoms with Crippen LogP contribution in [0, 0.1) is 0 Å². The van der Waals surface area contributed by atoms with Gasteiger partial charge in [-0.05, 0) is 12.1 Å². The van der Waals surface area contributed by atoms with Gasteiger partial charge < -0.3 is 10.1 Å². The third-order valence-electron chi connectivity index (χ3n) is 3.47. The number of amides is 1. The summed E-state index contributed by atoms with van der Waals surface area (Å²) in [6.07, 6.45) is 0.364. The van der Waals surface area contributed by atoms with Crippen LogP contribution in [-0.2, 0) is 0 Å². The summed E-state index contributed by atoms with van der Waals surface area (Å²) in [5.41, 5.74) is 2.41. The number of anilines is 1. The number of nitrogens with one attached hydrogen (secondary N) is 1. The summed E-state index contributed by atoms with van der Waals surface area (Å²) in [6, 6.07) is 12.0. The zero-order valence-corrected chi connectivity index (χ0v) is 11.8. The lowest BCUT2D eigenvalue weighted by Gasteiger charge is -2.17. The van der Waals surface area contributed by atoms with Gasteiger partial charge in [-0.1, -0.05) is 30.3 Å². The second kappa shape index (κ2) is 5.33. The van der Waals surface area contributed by atoms with E-state index in [1.54, 1.807) is 36.4 Å². The molecule has 6 heteroatoms. The van der Waals surface area contributed by atoms with E-state index in [1.165, 1.54) is 13.4 Å². The van der Waals surface area contributed by atoms with E-state index in [0.717, 1.165) is 4.90 Å². The Labute approximate surface area is 126 Å². The third-order valence-corrected chi connectivity index (χ3v) is 3.47. The SMILES string of the molecule is CN(C(=O)O)c1cc2nc[nH]c2cc1C(=O)c1ccccc1. The van der Waals surface area contributed by atoms with Gasteiger partial charge in [-0.25, -0.2) is 9.78 Å². The number of hydrogen-bond donors (Lipinski definition) is 2. The number of carbonyl (C=O) groups is 2. The van der Waals surface area contributed by atoms with Gasteiger partial charge in [-0.2, -0.15) is 0 Å². The van der Waals surface area contributed by atoms with Crippen LogP contribution in [0.3, 0.4) is 0 Å². The zero-order valence-electron chi connectivity index (χ0n) is 11.8. The lowest BCUT2D eigenvalue weighted by molar-refractivity contribution is 0.103. The van der Waals surface area contributed by atoms with Crippen molar-refractivity contribution in [3.05, 3.63) is 59.9 Å². The molecule has 0 aliphatic carbocycles. The van der Waals surface area contributed by atoms with Gasteiger partial charge in [0.1, 0.15) is 0 Å². The van der Waals surface area contributed by atoms with Crippen LogP contribution in [0.1, 0.15) is 15.9 Å². The van der Waals surface area contributed by atoms with Gasteiger partial charge in [0.2, 0.25) is 0 Å².